The van der Waals surface area contributed by atoms with E-state index in [1.165, 1.54) is 24.3 Å². The van der Waals surface area contributed by atoms with Gasteiger partial charge in [-0.05, 0) is 47.5 Å². The third kappa shape index (κ3) is 3.18. The van der Waals surface area contributed by atoms with Crippen LogP contribution in [0.4, 0.5) is 11.4 Å². The van der Waals surface area contributed by atoms with Crippen LogP contribution in [0.15, 0.2) is 79.0 Å². The topological polar surface area (TPSA) is 101 Å². The number of hydrogen-bond acceptors (Lipinski definition) is 6. The van der Waals surface area contributed by atoms with Crippen LogP contribution in [0.2, 0.25) is 5.02 Å². The molecule has 0 aromatic heterocycles. The number of carbonyl (C=O) groups excluding carboxylic acids is 3. The Kier molecular flexibility index (Phi) is 5.01. The number of non-ortho nitro benzene ring substituents is 1. The number of nitrogens with zero attached hydrogens (tertiary/aromatic N) is 3. The van der Waals surface area contributed by atoms with Crippen LogP contribution in [-0.2, 0) is 9.59 Å². The molecule has 0 spiro atoms. The second-order valence-corrected chi connectivity index (χ2v) is 9.43. The fraction of sp³-hybridized carbons (Fsp3) is 0.148. The molecular weight excluding hydrogens is 482 g/mol. The zero-order valence-electron chi connectivity index (χ0n) is 18.7. The van der Waals surface area contributed by atoms with Crippen molar-refractivity contribution in [1.29, 1.82) is 0 Å². The Bertz CT molecular complexity index is 1480. The van der Waals surface area contributed by atoms with Crippen LogP contribution >= 0.6 is 11.6 Å². The van der Waals surface area contributed by atoms with E-state index in [1.807, 2.05) is 35.2 Å². The van der Waals surface area contributed by atoms with E-state index >= 15 is 0 Å². The van der Waals surface area contributed by atoms with Gasteiger partial charge in [-0.1, -0.05) is 41.9 Å². The average molecular weight is 500 g/mol. The fourth-order valence-electron chi connectivity index (χ4n) is 5.64. The highest BCUT2D eigenvalue weighted by Crippen LogP contribution is 2.53. The molecule has 178 valence electrons. The predicted octanol–water partition coefficient (Wildman–Crippen LogP) is 4.65. The molecule has 2 amide bonds. The van der Waals surface area contributed by atoms with Crippen molar-refractivity contribution in [3.05, 3.63) is 111 Å². The average Bonchev–Trinajstić information content (AvgIpc) is 3.36. The van der Waals surface area contributed by atoms with E-state index in [-0.39, 0.29) is 17.2 Å². The summed E-state index contributed by atoms with van der Waals surface area (Å²) in [5, 5.41) is 11.8. The molecular formula is C27H18ClN3O5. The Morgan fingerprint density at radius 3 is 2.39 bits per heavy atom. The van der Waals surface area contributed by atoms with Gasteiger partial charge >= 0.3 is 0 Å². The lowest BCUT2D eigenvalue weighted by Gasteiger charge is -2.35. The maximum absolute atomic E-state index is 13.8. The number of benzene rings is 3. The number of ketones is 1. The maximum Gasteiger partial charge on any atom is 0.271 e. The van der Waals surface area contributed by atoms with Crippen molar-refractivity contribution >= 4 is 46.6 Å². The predicted molar refractivity (Wildman–Crippen MR) is 132 cm³/mol. The van der Waals surface area contributed by atoms with E-state index in [0.29, 0.717) is 10.6 Å². The Hall–Kier alpha value is -4.30. The van der Waals surface area contributed by atoms with E-state index in [2.05, 4.69) is 0 Å². The smallest absolute Gasteiger partial charge is 0.271 e. The van der Waals surface area contributed by atoms with E-state index in [1.54, 1.807) is 30.5 Å². The van der Waals surface area contributed by atoms with Gasteiger partial charge in [-0.3, -0.25) is 24.5 Å². The Morgan fingerprint density at radius 1 is 0.917 bits per heavy atom. The van der Waals surface area contributed by atoms with Crippen LogP contribution in [0, 0.1) is 22.0 Å². The molecule has 4 atom stereocenters. The van der Waals surface area contributed by atoms with Gasteiger partial charge in [0.25, 0.3) is 5.69 Å². The number of hydrogen-bond donors (Lipinski definition) is 0. The molecule has 0 radical (unpaired) electrons. The van der Waals surface area contributed by atoms with Gasteiger partial charge in [0.1, 0.15) is 6.04 Å². The largest absolute Gasteiger partial charge is 0.358 e. The molecule has 3 aromatic rings. The summed E-state index contributed by atoms with van der Waals surface area (Å²) >= 11 is 6.01. The maximum atomic E-state index is 13.8. The van der Waals surface area contributed by atoms with Crippen molar-refractivity contribution in [2.75, 3.05) is 4.90 Å². The van der Waals surface area contributed by atoms with Crippen LogP contribution in [0.3, 0.4) is 0 Å². The first-order chi connectivity index (χ1) is 17.4. The van der Waals surface area contributed by atoms with Crippen molar-refractivity contribution < 1.29 is 19.3 Å². The van der Waals surface area contributed by atoms with E-state index in [4.69, 9.17) is 11.6 Å². The van der Waals surface area contributed by atoms with Crippen LogP contribution < -0.4 is 4.90 Å². The first-order valence-electron chi connectivity index (χ1n) is 11.3. The molecule has 36 heavy (non-hydrogen) atoms. The number of Topliss-reactive ketones (excluding diaryl/α,β-unsaturated/α-hetero) is 1. The minimum atomic E-state index is -0.958. The number of anilines is 1. The van der Waals surface area contributed by atoms with Crippen LogP contribution in [0.5, 0.6) is 0 Å². The molecule has 3 heterocycles. The molecule has 0 saturated carbocycles. The van der Waals surface area contributed by atoms with Crippen molar-refractivity contribution in [2.45, 2.75) is 12.1 Å². The number of halogens is 1. The number of imide groups is 1. The molecule has 8 nitrogen and oxygen atoms in total. The summed E-state index contributed by atoms with van der Waals surface area (Å²) in [5.74, 6) is -3.10. The summed E-state index contributed by atoms with van der Waals surface area (Å²) in [6.45, 7) is 0. The second kappa shape index (κ2) is 8.13. The first-order valence-corrected chi connectivity index (χ1v) is 11.7. The molecule has 0 bridgehead atoms. The van der Waals surface area contributed by atoms with E-state index in [0.717, 1.165) is 16.0 Å². The standard InChI is InChI=1S/C27H18ClN3O5/c28-17-10-8-16(9-11-17)25(32)24-22-21(23-20-7-2-1-4-15(20)12-13-29(23)24)26(33)30(27(22)34)18-5-3-6-19(14-18)31(35)36/h1-14,21-24H/t21-,22-,23+,24+/m0/s1. The molecule has 6 rings (SSSR count). The summed E-state index contributed by atoms with van der Waals surface area (Å²) in [7, 11) is 0. The zero-order chi connectivity index (χ0) is 25.1. The summed E-state index contributed by atoms with van der Waals surface area (Å²) in [4.78, 5) is 55.1. The number of rotatable bonds is 4. The van der Waals surface area contributed by atoms with Crippen LogP contribution in [0.1, 0.15) is 27.5 Å². The first kappa shape index (κ1) is 22.2. The number of fused-ring (bicyclic) bond motifs is 5. The highest BCUT2D eigenvalue weighted by molar-refractivity contribution is 6.30. The van der Waals surface area contributed by atoms with Crippen LogP contribution in [0.25, 0.3) is 6.08 Å². The van der Waals surface area contributed by atoms with Crippen molar-refractivity contribution in [1.82, 2.24) is 4.90 Å². The molecule has 9 heteroatoms. The Morgan fingerprint density at radius 2 is 1.64 bits per heavy atom. The third-order valence-corrected chi connectivity index (χ3v) is 7.41. The Labute approximate surface area is 210 Å². The normalized spacial score (nSPS) is 23.9. The number of amides is 2. The summed E-state index contributed by atoms with van der Waals surface area (Å²) in [5.41, 5.74) is 2.03. The molecule has 0 aliphatic carbocycles. The van der Waals surface area contributed by atoms with Gasteiger partial charge in [-0.2, -0.15) is 0 Å². The number of nitro benzene ring substituents is 1. The third-order valence-electron chi connectivity index (χ3n) is 7.16. The zero-order valence-corrected chi connectivity index (χ0v) is 19.4. The van der Waals surface area contributed by atoms with Crippen molar-refractivity contribution in [3.63, 3.8) is 0 Å². The van der Waals surface area contributed by atoms with Gasteiger partial charge in [-0.15, -0.1) is 0 Å². The monoisotopic (exact) mass is 499 g/mol. The fourth-order valence-corrected chi connectivity index (χ4v) is 5.77. The molecule has 0 N–H and O–H groups in total. The molecule has 0 unspecified atom stereocenters. The Balaban J connectivity index is 1.49. The highest BCUT2D eigenvalue weighted by atomic mass is 35.5. The SMILES string of the molecule is O=C(c1ccc(Cl)cc1)[C@H]1[C@H]2C(=O)N(c3cccc([N+](=O)[O-])c3)C(=O)[C@@H]2[C@H]2c3ccccc3C=CN21. The summed E-state index contributed by atoms with van der Waals surface area (Å²) < 4.78 is 0. The lowest BCUT2D eigenvalue weighted by Crippen LogP contribution is -2.44. The lowest BCUT2D eigenvalue weighted by atomic mass is 9.83. The molecule has 2 saturated heterocycles. The minimum Gasteiger partial charge on any atom is -0.358 e. The molecule has 2 fully saturated rings. The van der Waals surface area contributed by atoms with Gasteiger partial charge in [0.05, 0.1) is 28.5 Å². The summed E-state index contributed by atoms with van der Waals surface area (Å²) in [6, 6.07) is 18.0. The number of carbonyl (C=O) groups is 3. The number of nitro groups is 1. The van der Waals surface area contributed by atoms with Gasteiger partial charge in [0, 0.05) is 28.9 Å². The highest BCUT2D eigenvalue weighted by Gasteiger charge is 2.64. The van der Waals surface area contributed by atoms with E-state index < -0.39 is 40.7 Å². The quantitative estimate of drug-likeness (QED) is 0.224. The van der Waals surface area contributed by atoms with Crippen molar-refractivity contribution in [2.24, 2.45) is 11.8 Å². The van der Waals surface area contributed by atoms with Gasteiger partial charge < -0.3 is 4.90 Å². The van der Waals surface area contributed by atoms with E-state index in [9.17, 15) is 24.5 Å². The van der Waals surface area contributed by atoms with Crippen molar-refractivity contribution in [3.8, 4) is 0 Å². The lowest BCUT2D eigenvalue weighted by molar-refractivity contribution is -0.384. The van der Waals surface area contributed by atoms with Gasteiger partial charge in [0.2, 0.25) is 11.8 Å². The molecule has 3 aliphatic heterocycles. The van der Waals surface area contributed by atoms with Gasteiger partial charge in [-0.25, -0.2) is 4.90 Å². The summed E-state index contributed by atoms with van der Waals surface area (Å²) in [6.07, 6.45) is 3.66. The molecule has 3 aromatic carbocycles. The van der Waals surface area contributed by atoms with Gasteiger partial charge in [0.15, 0.2) is 5.78 Å². The molecule has 3 aliphatic rings. The minimum absolute atomic E-state index is 0.123. The second-order valence-electron chi connectivity index (χ2n) is 8.99. The van der Waals surface area contributed by atoms with Crippen LogP contribution in [-0.4, -0.2) is 33.5 Å².